The van der Waals surface area contributed by atoms with E-state index in [2.05, 4.69) is 9.97 Å². The third-order valence-electron chi connectivity index (χ3n) is 5.36. The summed E-state index contributed by atoms with van der Waals surface area (Å²) in [5.74, 6) is -1.50. The highest BCUT2D eigenvalue weighted by Gasteiger charge is 2.44. The maximum atomic E-state index is 13.7. The van der Waals surface area contributed by atoms with E-state index in [1.54, 1.807) is 20.8 Å². The number of carbonyl (C=O) groups excluding carboxylic acids is 1. The molecular formula is C22H23F6N3O2. The summed E-state index contributed by atoms with van der Waals surface area (Å²) in [4.78, 5) is 25.7. The Morgan fingerprint density at radius 2 is 1.45 bits per heavy atom. The van der Waals surface area contributed by atoms with Gasteiger partial charge in [0.15, 0.2) is 0 Å². The third-order valence-corrected chi connectivity index (χ3v) is 5.36. The molecule has 2 aromatic rings. The van der Waals surface area contributed by atoms with Crippen molar-refractivity contribution >= 4 is 5.97 Å². The van der Waals surface area contributed by atoms with Crippen LogP contribution in [0.1, 0.15) is 68.1 Å². The van der Waals surface area contributed by atoms with E-state index in [0.29, 0.717) is 0 Å². The molecule has 0 bridgehead atoms. The van der Waals surface area contributed by atoms with Gasteiger partial charge in [-0.25, -0.2) is 4.79 Å². The van der Waals surface area contributed by atoms with E-state index in [0.717, 1.165) is 29.3 Å². The van der Waals surface area contributed by atoms with Gasteiger partial charge < -0.3 is 4.84 Å². The van der Waals surface area contributed by atoms with Gasteiger partial charge >= 0.3 is 18.3 Å². The van der Waals surface area contributed by atoms with Crippen LogP contribution in [0, 0.1) is 5.41 Å². The summed E-state index contributed by atoms with van der Waals surface area (Å²) < 4.78 is 81.7. The van der Waals surface area contributed by atoms with Gasteiger partial charge in [0.2, 0.25) is 0 Å². The van der Waals surface area contributed by atoms with Gasteiger partial charge in [0, 0.05) is 24.9 Å². The molecular weight excluding hydrogens is 452 g/mol. The fourth-order valence-electron chi connectivity index (χ4n) is 3.70. The predicted octanol–water partition coefficient (Wildman–Crippen LogP) is 5.94. The van der Waals surface area contributed by atoms with Crippen LogP contribution in [0.5, 0.6) is 0 Å². The van der Waals surface area contributed by atoms with E-state index in [1.165, 1.54) is 12.4 Å². The van der Waals surface area contributed by atoms with Gasteiger partial charge in [-0.1, -0.05) is 0 Å². The summed E-state index contributed by atoms with van der Waals surface area (Å²) in [7, 11) is 0. The molecule has 3 heterocycles. The molecule has 2 aromatic heterocycles. The highest BCUT2D eigenvalue weighted by Crippen LogP contribution is 2.45. The monoisotopic (exact) mass is 475 g/mol. The van der Waals surface area contributed by atoms with Gasteiger partial charge in [-0.3, -0.25) is 9.97 Å². The number of halogens is 6. The Bertz CT molecular complexity index is 1000. The topological polar surface area (TPSA) is 55.3 Å². The van der Waals surface area contributed by atoms with Crippen molar-refractivity contribution in [1.82, 2.24) is 15.0 Å². The zero-order chi connectivity index (χ0) is 24.6. The lowest BCUT2D eigenvalue weighted by Crippen LogP contribution is -2.41. The van der Waals surface area contributed by atoms with Gasteiger partial charge in [-0.15, -0.1) is 5.06 Å². The van der Waals surface area contributed by atoms with Crippen molar-refractivity contribution in [3.63, 3.8) is 0 Å². The molecule has 2 unspecified atom stereocenters. The molecule has 2 atom stereocenters. The van der Waals surface area contributed by atoms with Crippen molar-refractivity contribution in [2.24, 2.45) is 5.41 Å². The summed E-state index contributed by atoms with van der Waals surface area (Å²) in [5.41, 5.74) is -3.58. The first kappa shape index (κ1) is 24.9. The lowest BCUT2D eigenvalue weighted by atomic mass is 9.84. The minimum Gasteiger partial charge on any atom is -0.367 e. The molecule has 11 heteroatoms. The average molecular weight is 475 g/mol. The SMILES string of the molecule is CC(C)(C)C(=O)ON1CCC(c2ncccc2C(F)(F)F)CC1c1ncccc1C(F)(F)F. The molecule has 0 amide bonds. The summed E-state index contributed by atoms with van der Waals surface area (Å²) in [6, 6.07) is 2.81. The Morgan fingerprint density at radius 1 is 0.939 bits per heavy atom. The lowest BCUT2D eigenvalue weighted by molar-refractivity contribution is -0.220. The van der Waals surface area contributed by atoms with Crippen molar-refractivity contribution in [2.45, 2.75) is 57.9 Å². The van der Waals surface area contributed by atoms with Gasteiger partial charge in [0.05, 0.1) is 34.0 Å². The molecule has 5 nitrogen and oxygen atoms in total. The Balaban J connectivity index is 2.04. The summed E-state index contributed by atoms with van der Waals surface area (Å²) in [5, 5.41) is 1.10. The standard InChI is InChI=1S/C22H23F6N3O2/c1-20(2,3)19(32)33-31-11-8-13(17-14(21(23,24)25)6-4-9-29-17)12-16(31)18-15(22(26,27)28)7-5-10-30-18/h4-7,9-10,13,16H,8,11-12H2,1-3H3. The van der Waals surface area contributed by atoms with Crippen LogP contribution in [-0.4, -0.2) is 27.5 Å². The Labute approximate surface area is 186 Å². The second-order valence-corrected chi connectivity index (χ2v) is 8.87. The van der Waals surface area contributed by atoms with Crippen LogP contribution in [-0.2, 0) is 22.0 Å². The highest BCUT2D eigenvalue weighted by molar-refractivity contribution is 5.75. The van der Waals surface area contributed by atoms with E-state index in [-0.39, 0.29) is 25.1 Å². The van der Waals surface area contributed by atoms with Gasteiger partial charge in [0.25, 0.3) is 0 Å². The first-order valence-electron chi connectivity index (χ1n) is 10.2. The van der Waals surface area contributed by atoms with Crippen LogP contribution in [0.4, 0.5) is 26.3 Å². The molecule has 0 N–H and O–H groups in total. The Kier molecular flexibility index (Phi) is 6.74. The first-order valence-corrected chi connectivity index (χ1v) is 10.2. The van der Waals surface area contributed by atoms with E-state index >= 15 is 0 Å². The van der Waals surface area contributed by atoms with Crippen LogP contribution in [0.25, 0.3) is 0 Å². The second-order valence-electron chi connectivity index (χ2n) is 8.87. The molecule has 0 spiro atoms. The van der Waals surface area contributed by atoms with Crippen LogP contribution < -0.4 is 0 Å². The van der Waals surface area contributed by atoms with Crippen molar-refractivity contribution in [2.75, 3.05) is 6.54 Å². The van der Waals surface area contributed by atoms with E-state index < -0.39 is 52.5 Å². The molecule has 1 fully saturated rings. The lowest BCUT2D eigenvalue weighted by Gasteiger charge is -2.39. The minimum atomic E-state index is -4.75. The second kappa shape index (κ2) is 8.92. The predicted molar refractivity (Wildman–Crippen MR) is 105 cm³/mol. The smallest absolute Gasteiger partial charge is 0.367 e. The number of hydrogen-bond acceptors (Lipinski definition) is 5. The quantitative estimate of drug-likeness (QED) is 0.515. The molecule has 180 valence electrons. The van der Waals surface area contributed by atoms with E-state index in [9.17, 15) is 31.1 Å². The molecule has 0 saturated carbocycles. The van der Waals surface area contributed by atoms with Crippen LogP contribution in [0.3, 0.4) is 0 Å². The van der Waals surface area contributed by atoms with E-state index in [1.807, 2.05) is 0 Å². The number of nitrogens with zero attached hydrogens (tertiary/aromatic N) is 3. The average Bonchev–Trinajstić information content (AvgIpc) is 2.72. The Hall–Kier alpha value is -2.69. The van der Waals surface area contributed by atoms with Gasteiger partial charge in [-0.05, 0) is 57.9 Å². The number of hydroxylamine groups is 2. The number of rotatable bonds is 3. The summed E-state index contributed by atoms with van der Waals surface area (Å²) in [6.45, 7) is 4.67. The van der Waals surface area contributed by atoms with Crippen molar-refractivity contribution in [3.8, 4) is 0 Å². The van der Waals surface area contributed by atoms with Crippen LogP contribution >= 0.6 is 0 Å². The number of carbonyl (C=O) groups is 1. The number of pyridine rings is 2. The number of hydrogen-bond donors (Lipinski definition) is 0. The number of piperidine rings is 1. The number of alkyl halides is 6. The molecule has 1 aliphatic heterocycles. The third kappa shape index (κ3) is 5.63. The maximum Gasteiger partial charge on any atom is 0.418 e. The van der Waals surface area contributed by atoms with E-state index in [4.69, 9.17) is 4.84 Å². The van der Waals surface area contributed by atoms with Crippen molar-refractivity contribution < 1.29 is 36.0 Å². The van der Waals surface area contributed by atoms with Crippen LogP contribution in [0.15, 0.2) is 36.7 Å². The van der Waals surface area contributed by atoms with Crippen molar-refractivity contribution in [1.29, 1.82) is 0 Å². The van der Waals surface area contributed by atoms with Crippen molar-refractivity contribution in [3.05, 3.63) is 59.2 Å². The molecule has 33 heavy (non-hydrogen) atoms. The summed E-state index contributed by atoms with van der Waals surface area (Å²) >= 11 is 0. The zero-order valence-corrected chi connectivity index (χ0v) is 18.2. The fourth-order valence-corrected chi connectivity index (χ4v) is 3.70. The fraction of sp³-hybridized carbons (Fsp3) is 0.500. The largest absolute Gasteiger partial charge is 0.418 e. The van der Waals surface area contributed by atoms with Gasteiger partial charge in [0.1, 0.15) is 0 Å². The van der Waals surface area contributed by atoms with Crippen LogP contribution in [0.2, 0.25) is 0 Å². The molecule has 0 aliphatic carbocycles. The molecule has 0 aromatic carbocycles. The minimum absolute atomic E-state index is 0.0844. The summed E-state index contributed by atoms with van der Waals surface area (Å²) in [6.07, 6.45) is -7.14. The molecule has 3 rings (SSSR count). The van der Waals surface area contributed by atoms with Gasteiger partial charge in [-0.2, -0.15) is 26.3 Å². The first-order chi connectivity index (χ1) is 15.2. The molecule has 1 saturated heterocycles. The maximum absolute atomic E-state index is 13.7. The number of aromatic nitrogens is 2. The highest BCUT2D eigenvalue weighted by atomic mass is 19.4. The molecule has 1 aliphatic rings. The Morgan fingerprint density at radius 3 is 1.97 bits per heavy atom. The zero-order valence-electron chi connectivity index (χ0n) is 18.2. The molecule has 0 radical (unpaired) electrons. The normalized spacial score (nSPS) is 20.5.